The second-order valence-corrected chi connectivity index (χ2v) is 3.48. The molecule has 0 aliphatic heterocycles. The monoisotopic (exact) mass is 205 g/mol. The molecule has 0 bridgehead atoms. The maximum Gasteiger partial charge on any atom is 0.347 e. The summed E-state index contributed by atoms with van der Waals surface area (Å²) < 4.78 is 6.52. The molecule has 0 spiro atoms. The van der Waals surface area contributed by atoms with E-state index in [1.54, 1.807) is 18.5 Å². The van der Waals surface area contributed by atoms with Gasteiger partial charge in [0, 0.05) is 18.5 Å². The Morgan fingerprint density at radius 3 is 2.93 bits per heavy atom. The summed E-state index contributed by atoms with van der Waals surface area (Å²) in [7, 11) is 0. The van der Waals surface area contributed by atoms with Gasteiger partial charge in [-0.05, 0) is 19.4 Å². The molecule has 0 aliphatic rings. The lowest BCUT2D eigenvalue weighted by Gasteiger charge is -2.01. The van der Waals surface area contributed by atoms with Gasteiger partial charge in [-0.2, -0.15) is 0 Å². The standard InChI is InChI=1S/C10H11N3O2/c1-7-4-11-10(14)13(5-7)6-9-3-8(2)12-15-9/h3-5H,6H2,1-2H3. The van der Waals surface area contributed by atoms with E-state index in [9.17, 15) is 4.79 Å². The molecule has 2 heterocycles. The molecule has 0 N–H and O–H groups in total. The van der Waals surface area contributed by atoms with Crippen LogP contribution >= 0.6 is 0 Å². The molecule has 0 saturated heterocycles. The highest BCUT2D eigenvalue weighted by molar-refractivity contribution is 5.06. The lowest BCUT2D eigenvalue weighted by atomic mass is 10.3. The Kier molecular flexibility index (Phi) is 2.37. The van der Waals surface area contributed by atoms with Crippen LogP contribution in [0.2, 0.25) is 0 Å². The van der Waals surface area contributed by atoms with Crippen molar-refractivity contribution in [1.29, 1.82) is 0 Å². The third kappa shape index (κ3) is 2.12. The Morgan fingerprint density at radius 2 is 2.27 bits per heavy atom. The molecule has 5 nitrogen and oxygen atoms in total. The van der Waals surface area contributed by atoms with Gasteiger partial charge in [-0.25, -0.2) is 9.78 Å². The quantitative estimate of drug-likeness (QED) is 0.730. The van der Waals surface area contributed by atoms with Crippen LogP contribution in [0.15, 0.2) is 27.8 Å². The summed E-state index contributed by atoms with van der Waals surface area (Å²) in [5, 5.41) is 3.75. The summed E-state index contributed by atoms with van der Waals surface area (Å²) in [5.74, 6) is 0.655. The lowest BCUT2D eigenvalue weighted by molar-refractivity contribution is 0.370. The molecule has 2 rings (SSSR count). The second-order valence-electron chi connectivity index (χ2n) is 3.48. The van der Waals surface area contributed by atoms with Crippen molar-refractivity contribution < 1.29 is 4.52 Å². The first-order valence-electron chi connectivity index (χ1n) is 4.60. The van der Waals surface area contributed by atoms with E-state index in [1.165, 1.54) is 4.57 Å². The van der Waals surface area contributed by atoms with Gasteiger partial charge >= 0.3 is 5.69 Å². The summed E-state index contributed by atoms with van der Waals surface area (Å²) in [5.41, 5.74) is 1.46. The summed E-state index contributed by atoms with van der Waals surface area (Å²) in [6, 6.07) is 1.80. The average Bonchev–Trinajstić information content (AvgIpc) is 2.58. The molecule has 0 radical (unpaired) electrons. The molecule has 0 unspecified atom stereocenters. The molecule has 0 amide bonds. The van der Waals surface area contributed by atoms with E-state index in [-0.39, 0.29) is 5.69 Å². The van der Waals surface area contributed by atoms with Crippen LogP contribution in [0.3, 0.4) is 0 Å². The Balaban J connectivity index is 2.31. The van der Waals surface area contributed by atoms with Crippen molar-refractivity contribution in [1.82, 2.24) is 14.7 Å². The van der Waals surface area contributed by atoms with E-state index in [1.807, 2.05) is 13.8 Å². The number of aryl methyl sites for hydroxylation is 2. The van der Waals surface area contributed by atoms with Crippen LogP contribution in [0.25, 0.3) is 0 Å². The zero-order chi connectivity index (χ0) is 10.8. The maximum atomic E-state index is 11.4. The van der Waals surface area contributed by atoms with Gasteiger partial charge in [-0.15, -0.1) is 0 Å². The van der Waals surface area contributed by atoms with Gasteiger partial charge in [0.1, 0.15) is 0 Å². The minimum absolute atomic E-state index is 0.283. The first-order chi connectivity index (χ1) is 7.15. The minimum atomic E-state index is -0.283. The van der Waals surface area contributed by atoms with Crippen LogP contribution in [0.1, 0.15) is 17.0 Å². The van der Waals surface area contributed by atoms with Crippen LogP contribution in [-0.4, -0.2) is 14.7 Å². The van der Waals surface area contributed by atoms with Gasteiger partial charge in [0.2, 0.25) is 0 Å². The van der Waals surface area contributed by atoms with Gasteiger partial charge < -0.3 is 4.52 Å². The van der Waals surface area contributed by atoms with Crippen LogP contribution in [0, 0.1) is 13.8 Å². The van der Waals surface area contributed by atoms with Crippen molar-refractivity contribution in [2.75, 3.05) is 0 Å². The normalized spacial score (nSPS) is 10.5. The predicted octanol–water partition coefficient (Wildman–Crippen LogP) is 0.896. The molecular weight excluding hydrogens is 194 g/mol. The summed E-state index contributed by atoms with van der Waals surface area (Å²) in [6.07, 6.45) is 3.29. The summed E-state index contributed by atoms with van der Waals surface area (Å²) in [4.78, 5) is 15.1. The molecule has 0 atom stereocenters. The highest BCUT2D eigenvalue weighted by Crippen LogP contribution is 2.03. The Hall–Kier alpha value is -1.91. The van der Waals surface area contributed by atoms with E-state index in [0.29, 0.717) is 12.3 Å². The van der Waals surface area contributed by atoms with Crippen LogP contribution < -0.4 is 5.69 Å². The molecule has 5 heteroatoms. The zero-order valence-electron chi connectivity index (χ0n) is 8.60. The van der Waals surface area contributed by atoms with Gasteiger partial charge in [-0.3, -0.25) is 4.57 Å². The molecule has 15 heavy (non-hydrogen) atoms. The molecule has 2 aromatic heterocycles. The minimum Gasteiger partial charge on any atom is -0.359 e. The van der Waals surface area contributed by atoms with Gasteiger partial charge in [0.05, 0.1) is 12.2 Å². The Labute approximate surface area is 86.4 Å². The highest BCUT2D eigenvalue weighted by Gasteiger charge is 2.03. The van der Waals surface area contributed by atoms with Crippen molar-refractivity contribution in [3.05, 3.63) is 46.0 Å². The first kappa shape index (κ1) is 9.64. The fourth-order valence-corrected chi connectivity index (χ4v) is 1.34. The van der Waals surface area contributed by atoms with Crippen molar-refractivity contribution in [3.8, 4) is 0 Å². The largest absolute Gasteiger partial charge is 0.359 e. The van der Waals surface area contributed by atoms with Crippen LogP contribution in [-0.2, 0) is 6.54 Å². The van der Waals surface area contributed by atoms with Crippen molar-refractivity contribution in [3.63, 3.8) is 0 Å². The fraction of sp³-hybridized carbons (Fsp3) is 0.300. The Morgan fingerprint density at radius 1 is 1.47 bits per heavy atom. The van der Waals surface area contributed by atoms with E-state index in [4.69, 9.17) is 4.52 Å². The van der Waals surface area contributed by atoms with Gasteiger partial charge in [0.25, 0.3) is 0 Å². The fourth-order valence-electron chi connectivity index (χ4n) is 1.34. The average molecular weight is 205 g/mol. The summed E-state index contributed by atoms with van der Waals surface area (Å²) >= 11 is 0. The maximum absolute atomic E-state index is 11.4. The molecule has 2 aromatic rings. The number of nitrogens with zero attached hydrogens (tertiary/aromatic N) is 3. The van der Waals surface area contributed by atoms with Crippen molar-refractivity contribution in [2.45, 2.75) is 20.4 Å². The van der Waals surface area contributed by atoms with E-state index < -0.39 is 0 Å². The van der Waals surface area contributed by atoms with E-state index in [2.05, 4.69) is 10.1 Å². The summed E-state index contributed by atoms with van der Waals surface area (Å²) in [6.45, 7) is 4.09. The van der Waals surface area contributed by atoms with Crippen LogP contribution in [0.5, 0.6) is 0 Å². The third-order valence-electron chi connectivity index (χ3n) is 1.99. The predicted molar refractivity (Wildman–Crippen MR) is 53.6 cm³/mol. The highest BCUT2D eigenvalue weighted by atomic mass is 16.5. The SMILES string of the molecule is Cc1cnc(=O)n(Cc2cc(C)no2)c1. The molecular formula is C10H11N3O2. The van der Waals surface area contributed by atoms with E-state index in [0.717, 1.165) is 11.3 Å². The van der Waals surface area contributed by atoms with Crippen LogP contribution in [0.4, 0.5) is 0 Å². The number of hydrogen-bond acceptors (Lipinski definition) is 4. The van der Waals surface area contributed by atoms with E-state index >= 15 is 0 Å². The smallest absolute Gasteiger partial charge is 0.347 e. The molecule has 0 saturated carbocycles. The van der Waals surface area contributed by atoms with Crippen molar-refractivity contribution in [2.24, 2.45) is 0 Å². The molecule has 0 aromatic carbocycles. The molecule has 0 fully saturated rings. The first-order valence-corrected chi connectivity index (χ1v) is 4.60. The zero-order valence-corrected chi connectivity index (χ0v) is 8.60. The van der Waals surface area contributed by atoms with Gasteiger partial charge in [-0.1, -0.05) is 5.16 Å². The molecule has 0 aliphatic carbocycles. The third-order valence-corrected chi connectivity index (χ3v) is 1.99. The second kappa shape index (κ2) is 3.68. The molecule has 78 valence electrons. The number of hydrogen-bond donors (Lipinski definition) is 0. The number of rotatable bonds is 2. The van der Waals surface area contributed by atoms with Crippen molar-refractivity contribution >= 4 is 0 Å². The lowest BCUT2D eigenvalue weighted by Crippen LogP contribution is -2.22. The topological polar surface area (TPSA) is 60.9 Å². The Bertz CT molecular complexity index is 527. The van der Waals surface area contributed by atoms with Gasteiger partial charge in [0.15, 0.2) is 5.76 Å². The number of aromatic nitrogens is 3.